The van der Waals surface area contributed by atoms with Gasteiger partial charge in [0.2, 0.25) is 0 Å². The SMILES string of the molecule is CC(CO)(CO)C(=O)OCC(C)(COC(=O)C(C)(CO)CO)C(=O)OCCOCCOC(=O)C(C)(COC(=O)C(C)(CO)CO)COC(=O)C(C)(CO)CO. The number of esters is 6. The Labute approximate surface area is 318 Å². The largest absolute Gasteiger partial charge is 0.464 e. The Morgan fingerprint density at radius 3 is 0.673 bits per heavy atom. The van der Waals surface area contributed by atoms with Gasteiger partial charge in [0.15, 0.2) is 0 Å². The molecule has 0 bridgehead atoms. The Kier molecular flexibility index (Phi) is 21.4. The van der Waals surface area contributed by atoms with E-state index in [0.29, 0.717) is 0 Å². The molecule has 0 rings (SSSR count). The van der Waals surface area contributed by atoms with Crippen LogP contribution in [0, 0.1) is 32.5 Å². The lowest BCUT2D eigenvalue weighted by Crippen LogP contribution is -2.45. The maximum Gasteiger partial charge on any atom is 0.318 e. The second-order valence-electron chi connectivity index (χ2n) is 14.8. The van der Waals surface area contributed by atoms with Crippen molar-refractivity contribution in [2.75, 3.05) is 106 Å². The van der Waals surface area contributed by atoms with Gasteiger partial charge in [-0.15, -0.1) is 0 Å². The van der Waals surface area contributed by atoms with Gasteiger partial charge in [0.1, 0.15) is 72.1 Å². The first kappa shape index (κ1) is 51.5. The van der Waals surface area contributed by atoms with E-state index in [2.05, 4.69) is 0 Å². The minimum absolute atomic E-state index is 0.284. The molecule has 320 valence electrons. The molecule has 0 aliphatic heterocycles. The molecule has 0 radical (unpaired) electrons. The first-order chi connectivity index (χ1) is 25.5. The third-order valence-corrected chi connectivity index (χ3v) is 8.76. The Morgan fingerprint density at radius 1 is 0.309 bits per heavy atom. The molecular weight excluding hydrogens is 744 g/mol. The number of carbonyl (C=O) groups excluding carboxylic acids is 6. The van der Waals surface area contributed by atoms with Crippen LogP contribution >= 0.6 is 0 Å². The van der Waals surface area contributed by atoms with Crippen molar-refractivity contribution >= 4 is 35.8 Å². The van der Waals surface area contributed by atoms with Gasteiger partial charge < -0.3 is 74.0 Å². The summed E-state index contributed by atoms with van der Waals surface area (Å²) in [7, 11) is 0. The molecule has 0 aromatic rings. The van der Waals surface area contributed by atoms with Crippen LogP contribution in [-0.2, 0) is 61.9 Å². The first-order valence-corrected chi connectivity index (χ1v) is 17.0. The summed E-state index contributed by atoms with van der Waals surface area (Å²) in [6.07, 6.45) is 0. The van der Waals surface area contributed by atoms with Crippen LogP contribution in [0.25, 0.3) is 0 Å². The highest BCUT2D eigenvalue weighted by atomic mass is 16.6. The van der Waals surface area contributed by atoms with Gasteiger partial charge in [-0.3, -0.25) is 28.8 Å². The fraction of sp³-hybridized carbons (Fsp3) is 0.824. The molecule has 0 aliphatic rings. The zero-order valence-electron chi connectivity index (χ0n) is 32.2. The van der Waals surface area contributed by atoms with Gasteiger partial charge in [-0.2, -0.15) is 0 Å². The maximum absolute atomic E-state index is 13.1. The van der Waals surface area contributed by atoms with Crippen molar-refractivity contribution in [1.29, 1.82) is 0 Å². The van der Waals surface area contributed by atoms with Gasteiger partial charge in [0, 0.05) is 0 Å². The molecule has 0 atom stereocenters. The second-order valence-corrected chi connectivity index (χ2v) is 14.8. The first-order valence-electron chi connectivity index (χ1n) is 17.0. The summed E-state index contributed by atoms with van der Waals surface area (Å²) in [5.74, 6) is -6.41. The number of carbonyl (C=O) groups is 6. The molecule has 0 amide bonds. The van der Waals surface area contributed by atoms with Crippen molar-refractivity contribution in [3.05, 3.63) is 0 Å². The Balaban J connectivity index is 5.52. The average molecular weight is 803 g/mol. The minimum atomic E-state index is -1.87. The number of hydrogen-bond donors (Lipinski definition) is 8. The van der Waals surface area contributed by atoms with E-state index in [1.807, 2.05) is 0 Å². The lowest BCUT2D eigenvalue weighted by Gasteiger charge is -2.31. The van der Waals surface area contributed by atoms with Gasteiger partial charge >= 0.3 is 35.8 Å². The fourth-order valence-corrected chi connectivity index (χ4v) is 3.47. The van der Waals surface area contributed by atoms with Crippen LogP contribution in [0.3, 0.4) is 0 Å². The lowest BCUT2D eigenvalue weighted by atomic mass is 9.90. The van der Waals surface area contributed by atoms with E-state index in [1.54, 1.807) is 0 Å². The van der Waals surface area contributed by atoms with Crippen molar-refractivity contribution in [2.24, 2.45) is 32.5 Å². The standard InChI is InChI=1S/C34H58O21/c1-29(11-35,12-36)23(43)52-19-33(5,20-53-24(44)30(2,13-37)14-38)27(47)50-9-7-49-8-10-51-28(48)34(6,21-54-25(45)31(3,15-39)16-40)22-55-26(46)32(4,17-41)18-42/h35-42H,7-22H2,1-6H3. The smallest absolute Gasteiger partial charge is 0.318 e. The summed E-state index contributed by atoms with van der Waals surface area (Å²) in [6.45, 7) is -3.49. The summed E-state index contributed by atoms with van der Waals surface area (Å²) in [6, 6.07) is 0. The predicted molar refractivity (Wildman–Crippen MR) is 182 cm³/mol. The molecule has 0 unspecified atom stereocenters. The number of rotatable bonds is 28. The summed E-state index contributed by atoms with van der Waals surface area (Å²) < 4.78 is 36.3. The third-order valence-electron chi connectivity index (χ3n) is 8.76. The second kappa shape index (κ2) is 22.9. The van der Waals surface area contributed by atoms with E-state index < -0.39 is 161 Å². The fourth-order valence-electron chi connectivity index (χ4n) is 3.47. The topological polar surface area (TPSA) is 329 Å². The molecule has 0 aromatic carbocycles. The molecule has 0 spiro atoms. The Morgan fingerprint density at radius 2 is 0.491 bits per heavy atom. The molecule has 0 fully saturated rings. The normalized spacial score (nSPS) is 12.8. The predicted octanol–water partition coefficient (Wildman–Crippen LogP) is -3.76. The molecule has 0 saturated carbocycles. The van der Waals surface area contributed by atoms with E-state index in [9.17, 15) is 69.6 Å². The van der Waals surface area contributed by atoms with Crippen LogP contribution in [0.5, 0.6) is 0 Å². The highest BCUT2D eigenvalue weighted by molar-refractivity contribution is 5.82. The zero-order chi connectivity index (χ0) is 42.7. The van der Waals surface area contributed by atoms with Crippen LogP contribution in [0.4, 0.5) is 0 Å². The van der Waals surface area contributed by atoms with E-state index in [1.165, 1.54) is 41.5 Å². The minimum Gasteiger partial charge on any atom is -0.464 e. The van der Waals surface area contributed by atoms with Gasteiger partial charge in [-0.25, -0.2) is 0 Å². The monoisotopic (exact) mass is 802 g/mol. The van der Waals surface area contributed by atoms with Crippen LogP contribution in [-0.4, -0.2) is 182 Å². The molecule has 8 N–H and O–H groups in total. The number of aliphatic hydroxyl groups is 8. The van der Waals surface area contributed by atoms with Crippen LogP contribution in [0.1, 0.15) is 41.5 Å². The van der Waals surface area contributed by atoms with Gasteiger partial charge in [0.05, 0.1) is 66.1 Å². The average Bonchev–Trinajstić information content (AvgIpc) is 3.20. The molecule has 21 heteroatoms. The molecule has 0 aromatic heterocycles. The number of hydrogen-bond acceptors (Lipinski definition) is 21. The summed E-state index contributed by atoms with van der Waals surface area (Å²) in [4.78, 5) is 76.3. The van der Waals surface area contributed by atoms with Crippen LogP contribution in [0.15, 0.2) is 0 Å². The molecule has 55 heavy (non-hydrogen) atoms. The maximum atomic E-state index is 13.1. The van der Waals surface area contributed by atoms with Gasteiger partial charge in [0.25, 0.3) is 0 Å². The quantitative estimate of drug-likeness (QED) is 0.0214. The highest BCUT2D eigenvalue weighted by Crippen LogP contribution is 2.27. The van der Waals surface area contributed by atoms with Gasteiger partial charge in [-0.1, -0.05) is 0 Å². The van der Waals surface area contributed by atoms with Crippen LogP contribution < -0.4 is 0 Å². The molecule has 0 saturated heterocycles. The lowest BCUT2D eigenvalue weighted by molar-refractivity contribution is -0.181. The Bertz CT molecular complexity index is 1090. The number of aliphatic hydroxyl groups excluding tert-OH is 8. The highest BCUT2D eigenvalue weighted by Gasteiger charge is 2.45. The Hall–Kier alpha value is -3.54. The van der Waals surface area contributed by atoms with E-state index in [4.69, 9.17) is 33.2 Å². The summed E-state index contributed by atoms with van der Waals surface area (Å²) in [5, 5.41) is 75.9. The van der Waals surface area contributed by atoms with Crippen molar-refractivity contribution in [1.82, 2.24) is 0 Å². The summed E-state index contributed by atoms with van der Waals surface area (Å²) >= 11 is 0. The van der Waals surface area contributed by atoms with Gasteiger partial charge in [-0.05, 0) is 41.5 Å². The molecular formula is C34H58O21. The van der Waals surface area contributed by atoms with Crippen molar-refractivity contribution in [3.8, 4) is 0 Å². The molecule has 0 aliphatic carbocycles. The van der Waals surface area contributed by atoms with Crippen molar-refractivity contribution < 1.29 is 103 Å². The van der Waals surface area contributed by atoms with E-state index in [-0.39, 0.29) is 13.2 Å². The summed E-state index contributed by atoms with van der Waals surface area (Å²) in [5.41, 5.74) is -10.6. The molecule has 21 nitrogen and oxygen atoms in total. The van der Waals surface area contributed by atoms with Crippen molar-refractivity contribution in [2.45, 2.75) is 41.5 Å². The number of ether oxygens (including phenoxy) is 7. The van der Waals surface area contributed by atoms with E-state index in [0.717, 1.165) is 0 Å². The van der Waals surface area contributed by atoms with Crippen LogP contribution in [0.2, 0.25) is 0 Å². The van der Waals surface area contributed by atoms with E-state index >= 15 is 0 Å². The van der Waals surface area contributed by atoms with Crippen molar-refractivity contribution in [3.63, 3.8) is 0 Å². The third kappa shape index (κ3) is 14.5. The molecule has 0 heterocycles. The zero-order valence-corrected chi connectivity index (χ0v) is 32.2.